The predicted molar refractivity (Wildman–Crippen MR) is 180 cm³/mol. The van der Waals surface area contributed by atoms with Gasteiger partial charge in [-0.25, -0.2) is 4.79 Å². The molecule has 6 N–H and O–H groups in total. The first-order valence-electron chi connectivity index (χ1n) is 14.9. The molecule has 1 aliphatic heterocycles. The third kappa shape index (κ3) is 8.02. The van der Waals surface area contributed by atoms with Gasteiger partial charge < -0.3 is 31.7 Å². The van der Waals surface area contributed by atoms with Crippen LogP contribution in [0.15, 0.2) is 89.8 Å². The van der Waals surface area contributed by atoms with Crippen LogP contribution in [0.5, 0.6) is 0 Å². The smallest absolute Gasteiger partial charge is 0.317 e. The number of carbonyl (C=O) groups excluding carboxylic acids is 3. The van der Waals surface area contributed by atoms with Crippen molar-refractivity contribution in [3.63, 3.8) is 0 Å². The molecule has 45 heavy (non-hydrogen) atoms. The average Bonchev–Trinajstić information content (AvgIpc) is 3.12. The maximum absolute atomic E-state index is 14.1. The number of nitrogens with one attached hydrogen (secondary N) is 3. The van der Waals surface area contributed by atoms with Gasteiger partial charge in [0, 0.05) is 29.2 Å². The van der Waals surface area contributed by atoms with E-state index >= 15 is 0 Å². The van der Waals surface area contributed by atoms with Gasteiger partial charge in [0.1, 0.15) is 12.3 Å². The third-order valence-electron chi connectivity index (χ3n) is 7.46. The van der Waals surface area contributed by atoms with Crippen LogP contribution < -0.4 is 26.6 Å². The minimum absolute atomic E-state index is 0.112. The molecule has 9 nitrogen and oxygen atoms in total. The first kappa shape index (κ1) is 32.0. The van der Waals surface area contributed by atoms with Gasteiger partial charge in [-0.15, -0.1) is 11.8 Å². The Balaban J connectivity index is 1.41. The van der Waals surface area contributed by atoms with Gasteiger partial charge in [0.15, 0.2) is 0 Å². The van der Waals surface area contributed by atoms with Crippen LogP contribution in [0.3, 0.4) is 0 Å². The second-order valence-electron chi connectivity index (χ2n) is 12.0. The summed E-state index contributed by atoms with van der Waals surface area (Å²) < 4.78 is 0. The zero-order valence-electron chi connectivity index (χ0n) is 25.7. The van der Waals surface area contributed by atoms with Gasteiger partial charge in [0.2, 0.25) is 5.91 Å². The Kier molecular flexibility index (Phi) is 9.77. The molecule has 0 saturated heterocycles. The van der Waals surface area contributed by atoms with Gasteiger partial charge >= 0.3 is 6.03 Å². The number of benzene rings is 4. The van der Waals surface area contributed by atoms with Crippen LogP contribution in [0.25, 0.3) is 21.9 Å². The monoisotopic (exact) mass is 625 g/mol. The highest BCUT2D eigenvalue weighted by Crippen LogP contribution is 2.40. The van der Waals surface area contributed by atoms with E-state index in [2.05, 4.69) is 28.1 Å². The fourth-order valence-corrected chi connectivity index (χ4v) is 6.64. The Labute approximate surface area is 267 Å². The molecule has 1 heterocycles. The number of rotatable bonds is 9. The van der Waals surface area contributed by atoms with Crippen molar-refractivity contribution in [1.29, 1.82) is 0 Å². The van der Waals surface area contributed by atoms with Gasteiger partial charge in [0.05, 0.1) is 12.2 Å². The number of aliphatic hydroxyl groups is 1. The maximum Gasteiger partial charge on any atom is 0.317 e. The number of thioether (sulfide) groups is 1. The fourth-order valence-electron chi connectivity index (χ4n) is 5.41. The minimum Gasteiger partial charge on any atom is -0.374 e. The van der Waals surface area contributed by atoms with Crippen LogP contribution in [0.4, 0.5) is 10.5 Å². The molecule has 1 aliphatic rings. The molecule has 4 aromatic carbocycles. The summed E-state index contributed by atoms with van der Waals surface area (Å²) in [5.41, 5.74) is 9.99. The van der Waals surface area contributed by atoms with E-state index in [1.165, 1.54) is 6.92 Å². The molecule has 0 fully saturated rings. The van der Waals surface area contributed by atoms with Crippen molar-refractivity contribution < 1.29 is 19.5 Å². The number of fused-ring (bicyclic) bond motifs is 3. The zero-order valence-corrected chi connectivity index (χ0v) is 26.5. The second-order valence-corrected chi connectivity index (χ2v) is 13.0. The normalized spacial score (nSPS) is 15.6. The second kappa shape index (κ2) is 13.7. The van der Waals surface area contributed by atoms with E-state index in [1.807, 2.05) is 72.8 Å². The number of aliphatic hydroxyl groups excluding tert-OH is 1. The highest BCUT2D eigenvalue weighted by Gasteiger charge is 2.33. The van der Waals surface area contributed by atoms with Crippen molar-refractivity contribution in [2.45, 2.75) is 63.0 Å². The highest BCUT2D eigenvalue weighted by molar-refractivity contribution is 7.99. The Morgan fingerprint density at radius 2 is 1.73 bits per heavy atom. The third-order valence-corrected chi connectivity index (χ3v) is 8.68. The summed E-state index contributed by atoms with van der Waals surface area (Å²) >= 11 is 1.58. The molecular formula is C35H39N5O4S. The summed E-state index contributed by atoms with van der Waals surface area (Å²) in [7, 11) is 0. The Bertz CT molecular complexity index is 1700. The van der Waals surface area contributed by atoms with E-state index in [9.17, 15) is 19.5 Å². The van der Waals surface area contributed by atoms with E-state index < -0.39 is 23.8 Å². The molecule has 0 spiro atoms. The van der Waals surface area contributed by atoms with Gasteiger partial charge in [-0.3, -0.25) is 9.59 Å². The molecule has 1 unspecified atom stereocenters. The first-order valence-corrected chi connectivity index (χ1v) is 15.9. The van der Waals surface area contributed by atoms with E-state index in [0.717, 1.165) is 43.6 Å². The summed E-state index contributed by atoms with van der Waals surface area (Å²) in [5.74, 6) is -0.0136. The predicted octanol–water partition coefficient (Wildman–Crippen LogP) is 4.90. The molecule has 0 aromatic heterocycles. The minimum atomic E-state index is -0.946. The summed E-state index contributed by atoms with van der Waals surface area (Å²) in [4.78, 5) is 41.7. The summed E-state index contributed by atoms with van der Waals surface area (Å²) in [5, 5.41) is 19.7. The van der Waals surface area contributed by atoms with Crippen molar-refractivity contribution in [2.24, 2.45) is 5.73 Å². The lowest BCUT2D eigenvalue weighted by Crippen LogP contribution is -2.51. The summed E-state index contributed by atoms with van der Waals surface area (Å²) in [6.45, 7) is 5.67. The molecule has 10 heteroatoms. The molecule has 234 valence electrons. The summed E-state index contributed by atoms with van der Waals surface area (Å²) in [6.07, 6.45) is -0.834. The molecule has 0 bridgehead atoms. The van der Waals surface area contributed by atoms with E-state index in [1.54, 1.807) is 30.5 Å². The van der Waals surface area contributed by atoms with Crippen LogP contribution in [-0.4, -0.2) is 46.5 Å². The molecule has 5 rings (SSSR count). The van der Waals surface area contributed by atoms with E-state index in [4.69, 9.17) is 5.73 Å². The van der Waals surface area contributed by atoms with Crippen molar-refractivity contribution in [3.8, 4) is 11.1 Å². The Morgan fingerprint density at radius 3 is 2.47 bits per heavy atom. The van der Waals surface area contributed by atoms with Crippen LogP contribution in [0.1, 0.15) is 38.3 Å². The quantitative estimate of drug-likeness (QED) is 0.168. The van der Waals surface area contributed by atoms with Crippen molar-refractivity contribution >= 4 is 46.1 Å². The van der Waals surface area contributed by atoms with Crippen LogP contribution in [0.2, 0.25) is 0 Å². The van der Waals surface area contributed by atoms with Crippen LogP contribution in [0, 0.1) is 0 Å². The van der Waals surface area contributed by atoms with Crippen LogP contribution in [-0.2, 0) is 22.7 Å². The number of urea groups is 1. The topological polar surface area (TPSA) is 137 Å². The lowest BCUT2D eigenvalue weighted by Gasteiger charge is -2.27. The Hall–Kier alpha value is -4.38. The molecule has 4 aromatic rings. The number of anilines is 1. The SMILES string of the molecule is CC(O)NC(=O)NCc1ccccc1-c1ccc(CN2C(=O)[C@H](NC(=O)CC(C)(C)N)CSc3c2ccc2ccccc32)cc1. The lowest BCUT2D eigenvalue weighted by atomic mass is 9.98. The van der Waals surface area contributed by atoms with Crippen molar-refractivity contribution in [2.75, 3.05) is 10.7 Å². The highest BCUT2D eigenvalue weighted by atomic mass is 32.2. The van der Waals surface area contributed by atoms with E-state index in [0.29, 0.717) is 12.3 Å². The zero-order chi connectivity index (χ0) is 32.1. The number of hydrogen-bond acceptors (Lipinski definition) is 6. The number of nitrogens with zero attached hydrogens (tertiary/aromatic N) is 1. The van der Waals surface area contributed by atoms with Gasteiger partial charge in [0.25, 0.3) is 5.91 Å². The van der Waals surface area contributed by atoms with E-state index in [-0.39, 0.29) is 24.8 Å². The number of nitrogens with two attached hydrogens (primary N) is 1. The molecule has 2 atom stereocenters. The molecular weight excluding hydrogens is 586 g/mol. The van der Waals surface area contributed by atoms with Crippen molar-refractivity contribution in [3.05, 3.63) is 96.1 Å². The number of amides is 4. The van der Waals surface area contributed by atoms with Crippen molar-refractivity contribution in [1.82, 2.24) is 16.0 Å². The lowest BCUT2D eigenvalue weighted by molar-refractivity contribution is -0.127. The average molecular weight is 626 g/mol. The fraction of sp³-hybridized carbons (Fsp3) is 0.286. The number of hydrogen-bond donors (Lipinski definition) is 5. The molecule has 0 radical (unpaired) electrons. The number of carbonyl (C=O) groups is 3. The van der Waals surface area contributed by atoms with Crippen LogP contribution >= 0.6 is 11.8 Å². The maximum atomic E-state index is 14.1. The standard InChI is InChI=1S/C35H39N5O4S/c1-22(41)38-34(44)37-19-26-9-5-6-10-27(26)25-14-12-23(13-15-25)20-40-30-17-16-24-8-4-7-11-28(24)32(30)45-21-29(33(40)43)39-31(42)18-35(2,3)36/h4-17,22,29,41H,18-21,36H2,1-3H3,(H,39,42)(H2,37,38,44)/t22?,29-/m1/s1. The van der Waals surface area contributed by atoms with Gasteiger partial charge in [-0.1, -0.05) is 78.9 Å². The largest absolute Gasteiger partial charge is 0.374 e. The summed E-state index contributed by atoms with van der Waals surface area (Å²) in [6, 6.07) is 26.8. The first-order chi connectivity index (χ1) is 21.5. The van der Waals surface area contributed by atoms with Gasteiger partial charge in [-0.2, -0.15) is 0 Å². The Morgan fingerprint density at radius 1 is 1.02 bits per heavy atom. The van der Waals surface area contributed by atoms with Gasteiger partial charge in [-0.05, 0) is 59.9 Å². The molecule has 0 saturated carbocycles. The molecule has 0 aliphatic carbocycles. The molecule has 4 amide bonds.